The van der Waals surface area contributed by atoms with Crippen LogP contribution in [0.4, 0.5) is 17.1 Å². The van der Waals surface area contributed by atoms with E-state index in [0.29, 0.717) is 36.0 Å². The van der Waals surface area contributed by atoms with E-state index < -0.39 is 10.8 Å². The first-order valence-electron chi connectivity index (χ1n) is 9.23. The molecule has 8 heteroatoms. The average molecular weight is 385 g/mol. The number of hydrogen-bond donors (Lipinski definition) is 2. The van der Waals surface area contributed by atoms with Crippen molar-refractivity contribution in [2.24, 2.45) is 0 Å². The number of amides is 1. The van der Waals surface area contributed by atoms with Gasteiger partial charge in [0.15, 0.2) is 0 Å². The molecule has 1 aliphatic rings. The van der Waals surface area contributed by atoms with Crippen molar-refractivity contribution < 1.29 is 19.2 Å². The number of carbonyl (C=O) groups excluding carboxylic acids is 1. The van der Waals surface area contributed by atoms with E-state index >= 15 is 0 Å². The van der Waals surface area contributed by atoms with Crippen LogP contribution in [0.1, 0.15) is 36.7 Å². The quantitative estimate of drug-likeness (QED) is 0.552. The summed E-state index contributed by atoms with van der Waals surface area (Å²) in [6.07, 6.45) is 0.846. The molecule has 0 saturated carbocycles. The molecular weight excluding hydrogens is 362 g/mol. The molecule has 0 bridgehead atoms. The van der Waals surface area contributed by atoms with E-state index in [-0.39, 0.29) is 17.4 Å². The number of rotatable bonds is 7. The van der Waals surface area contributed by atoms with Gasteiger partial charge in [0.2, 0.25) is 0 Å². The molecule has 0 spiro atoms. The van der Waals surface area contributed by atoms with Crippen LogP contribution in [0.15, 0.2) is 30.3 Å². The van der Waals surface area contributed by atoms with E-state index in [2.05, 4.69) is 10.6 Å². The number of benzene rings is 2. The molecule has 1 amide bonds. The van der Waals surface area contributed by atoms with Crippen LogP contribution in [-0.2, 0) is 6.42 Å². The second kappa shape index (κ2) is 8.16. The number of carbonyl (C=O) groups is 1. The van der Waals surface area contributed by atoms with Gasteiger partial charge in [0.25, 0.3) is 11.6 Å². The van der Waals surface area contributed by atoms with Crippen LogP contribution in [0.5, 0.6) is 11.5 Å². The molecule has 1 atom stereocenters. The van der Waals surface area contributed by atoms with Crippen molar-refractivity contribution in [3.63, 3.8) is 0 Å². The molecule has 2 aromatic rings. The zero-order chi connectivity index (χ0) is 20.3. The van der Waals surface area contributed by atoms with Gasteiger partial charge in [-0.1, -0.05) is 0 Å². The summed E-state index contributed by atoms with van der Waals surface area (Å²) < 4.78 is 11.4. The largest absolute Gasteiger partial charge is 0.492 e. The number of hydrogen-bond acceptors (Lipinski definition) is 6. The third-order valence-corrected chi connectivity index (χ3v) is 4.37. The summed E-state index contributed by atoms with van der Waals surface area (Å²) in [6, 6.07) is 7.96. The predicted molar refractivity (Wildman–Crippen MR) is 107 cm³/mol. The Morgan fingerprint density at radius 3 is 2.75 bits per heavy atom. The van der Waals surface area contributed by atoms with Gasteiger partial charge in [-0.25, -0.2) is 0 Å². The van der Waals surface area contributed by atoms with Crippen LogP contribution >= 0.6 is 0 Å². The van der Waals surface area contributed by atoms with Crippen molar-refractivity contribution in [2.75, 3.05) is 23.8 Å². The number of nitrogens with zero attached hydrogens (tertiary/aromatic N) is 1. The molecule has 0 radical (unpaired) electrons. The van der Waals surface area contributed by atoms with E-state index in [1.165, 1.54) is 12.1 Å². The lowest BCUT2D eigenvalue weighted by Crippen LogP contribution is -2.14. The molecule has 3 rings (SSSR count). The molecule has 1 aliphatic heterocycles. The Morgan fingerprint density at radius 2 is 2.07 bits per heavy atom. The fourth-order valence-corrected chi connectivity index (χ4v) is 3.17. The lowest BCUT2D eigenvalue weighted by molar-refractivity contribution is -0.384. The summed E-state index contributed by atoms with van der Waals surface area (Å²) in [6.45, 7) is 6.67. The lowest BCUT2D eigenvalue weighted by Gasteiger charge is -2.14. The number of nitrogens with one attached hydrogen (secondary N) is 2. The summed E-state index contributed by atoms with van der Waals surface area (Å²) in [5.41, 5.74) is 1.91. The maximum atomic E-state index is 12.7. The SMILES string of the molecule is CCNc1ccc(C(=O)Nc2cc3c(cc2OCC)C[C@@H](C)O3)cc1[N+](=O)[O-]. The maximum absolute atomic E-state index is 12.7. The van der Waals surface area contributed by atoms with Crippen LogP contribution in [0.3, 0.4) is 0 Å². The topological polar surface area (TPSA) is 103 Å². The second-order valence-electron chi connectivity index (χ2n) is 6.50. The van der Waals surface area contributed by atoms with Crippen LogP contribution in [0.2, 0.25) is 0 Å². The summed E-state index contributed by atoms with van der Waals surface area (Å²) >= 11 is 0. The van der Waals surface area contributed by atoms with Crippen molar-refractivity contribution in [1.82, 2.24) is 0 Å². The number of anilines is 2. The highest BCUT2D eigenvalue weighted by Gasteiger charge is 2.23. The molecule has 2 N–H and O–H groups in total. The Kier molecular flexibility index (Phi) is 5.67. The summed E-state index contributed by atoms with van der Waals surface area (Å²) in [5, 5.41) is 17.0. The van der Waals surface area contributed by atoms with E-state index in [9.17, 15) is 14.9 Å². The molecule has 0 fully saturated rings. The van der Waals surface area contributed by atoms with Gasteiger partial charge in [0, 0.05) is 36.2 Å². The van der Waals surface area contributed by atoms with E-state index in [4.69, 9.17) is 9.47 Å². The van der Waals surface area contributed by atoms with Gasteiger partial charge in [-0.15, -0.1) is 0 Å². The highest BCUT2D eigenvalue weighted by Crippen LogP contribution is 2.38. The summed E-state index contributed by atoms with van der Waals surface area (Å²) in [5.74, 6) is 0.795. The Labute approximate surface area is 163 Å². The van der Waals surface area contributed by atoms with Crippen molar-refractivity contribution in [1.29, 1.82) is 0 Å². The minimum atomic E-state index is -0.509. The first kappa shape index (κ1) is 19.5. The van der Waals surface area contributed by atoms with E-state index in [0.717, 1.165) is 12.0 Å². The molecule has 28 heavy (non-hydrogen) atoms. The molecule has 1 heterocycles. The van der Waals surface area contributed by atoms with Crippen molar-refractivity contribution in [2.45, 2.75) is 33.3 Å². The van der Waals surface area contributed by atoms with Crippen LogP contribution in [0, 0.1) is 10.1 Å². The minimum Gasteiger partial charge on any atom is -0.492 e. The number of nitro groups is 1. The molecule has 8 nitrogen and oxygen atoms in total. The zero-order valence-corrected chi connectivity index (χ0v) is 16.1. The minimum absolute atomic E-state index is 0.0664. The van der Waals surface area contributed by atoms with Crippen LogP contribution in [0.25, 0.3) is 0 Å². The fraction of sp³-hybridized carbons (Fsp3) is 0.350. The molecule has 0 unspecified atom stereocenters. The van der Waals surface area contributed by atoms with E-state index in [1.54, 1.807) is 12.1 Å². The zero-order valence-electron chi connectivity index (χ0n) is 16.1. The molecule has 0 saturated heterocycles. The Bertz CT molecular complexity index is 913. The molecule has 148 valence electrons. The van der Waals surface area contributed by atoms with Crippen molar-refractivity contribution in [3.8, 4) is 11.5 Å². The highest BCUT2D eigenvalue weighted by molar-refractivity contribution is 6.06. The Morgan fingerprint density at radius 1 is 1.29 bits per heavy atom. The van der Waals surface area contributed by atoms with Gasteiger partial charge in [-0.3, -0.25) is 14.9 Å². The van der Waals surface area contributed by atoms with E-state index in [1.807, 2.05) is 26.8 Å². The highest BCUT2D eigenvalue weighted by atomic mass is 16.6. The number of fused-ring (bicyclic) bond motifs is 1. The fourth-order valence-electron chi connectivity index (χ4n) is 3.17. The number of nitro benzene ring substituents is 1. The summed E-state index contributed by atoms with van der Waals surface area (Å²) in [4.78, 5) is 23.5. The van der Waals surface area contributed by atoms with Crippen molar-refractivity contribution in [3.05, 3.63) is 51.6 Å². The Balaban J connectivity index is 1.90. The van der Waals surface area contributed by atoms with Gasteiger partial charge in [-0.05, 0) is 39.0 Å². The number of ether oxygens (including phenoxy) is 2. The monoisotopic (exact) mass is 385 g/mol. The van der Waals surface area contributed by atoms with Gasteiger partial charge >= 0.3 is 0 Å². The first-order valence-corrected chi connectivity index (χ1v) is 9.23. The summed E-state index contributed by atoms with van der Waals surface area (Å²) in [7, 11) is 0. The van der Waals surface area contributed by atoms with Gasteiger partial charge < -0.3 is 20.1 Å². The average Bonchev–Trinajstić information content (AvgIpc) is 3.01. The third-order valence-electron chi connectivity index (χ3n) is 4.37. The van der Waals surface area contributed by atoms with Crippen LogP contribution < -0.4 is 20.1 Å². The maximum Gasteiger partial charge on any atom is 0.293 e. The predicted octanol–water partition coefficient (Wildman–Crippen LogP) is 4.00. The Hall–Kier alpha value is -3.29. The van der Waals surface area contributed by atoms with Crippen molar-refractivity contribution >= 4 is 23.0 Å². The third kappa shape index (κ3) is 4.00. The molecule has 2 aromatic carbocycles. The van der Waals surface area contributed by atoms with Gasteiger partial charge in [0.1, 0.15) is 23.3 Å². The molecular formula is C20H23N3O5. The molecule has 0 aliphatic carbocycles. The van der Waals surface area contributed by atoms with Crippen LogP contribution in [-0.4, -0.2) is 30.1 Å². The molecule has 0 aromatic heterocycles. The second-order valence-corrected chi connectivity index (χ2v) is 6.50. The standard InChI is InChI=1S/C20H23N3O5/c1-4-21-15-7-6-13(9-17(15)23(25)26)20(24)22-16-11-18-14(8-12(3)28-18)10-19(16)27-5-2/h6-7,9-12,21H,4-5,8H2,1-3H3,(H,22,24)/t12-/m1/s1. The smallest absolute Gasteiger partial charge is 0.293 e. The first-order chi connectivity index (χ1) is 13.4. The van der Waals surface area contributed by atoms with Gasteiger partial charge in [0.05, 0.1) is 17.2 Å². The lowest BCUT2D eigenvalue weighted by atomic mass is 10.1. The normalized spacial score (nSPS) is 14.8. The van der Waals surface area contributed by atoms with Gasteiger partial charge in [-0.2, -0.15) is 0 Å².